The van der Waals surface area contributed by atoms with E-state index >= 15 is 0 Å². The van der Waals surface area contributed by atoms with Crippen LogP contribution in [0.15, 0.2) is 34.9 Å². The first-order valence-electron chi connectivity index (χ1n) is 9.02. The van der Waals surface area contributed by atoms with Crippen molar-refractivity contribution in [1.82, 2.24) is 14.9 Å². The number of hydrogen-bond acceptors (Lipinski definition) is 5. The Bertz CT molecular complexity index is 863. The van der Waals surface area contributed by atoms with E-state index in [1.165, 1.54) is 5.57 Å². The first kappa shape index (κ1) is 20.9. The molecule has 0 unspecified atom stereocenters. The van der Waals surface area contributed by atoms with Crippen molar-refractivity contribution in [2.24, 2.45) is 11.0 Å². The van der Waals surface area contributed by atoms with Crippen LogP contribution in [0.1, 0.15) is 40.0 Å². The number of hydrogen-bond donors (Lipinski definition) is 1. The van der Waals surface area contributed by atoms with Crippen LogP contribution in [0.3, 0.4) is 0 Å². The van der Waals surface area contributed by atoms with Crippen LogP contribution < -0.4 is 9.47 Å². The Kier molecular flexibility index (Phi) is 7.79. The molecule has 1 aromatic carbocycles. The van der Waals surface area contributed by atoms with Crippen LogP contribution in [-0.4, -0.2) is 35.3 Å². The monoisotopic (exact) mass is 388 g/mol. The Labute approximate surface area is 165 Å². The predicted octanol–water partition coefficient (Wildman–Crippen LogP) is 5.23. The smallest absolute Gasteiger partial charge is 0.216 e. The number of nitrogens with one attached hydrogen (secondary N) is 1. The third-order valence-corrected chi connectivity index (χ3v) is 4.47. The molecule has 2 rings (SSSR count). The van der Waals surface area contributed by atoms with Gasteiger partial charge in [0.25, 0.3) is 0 Å². The van der Waals surface area contributed by atoms with E-state index in [-0.39, 0.29) is 0 Å². The molecule has 0 radical (unpaired) electrons. The van der Waals surface area contributed by atoms with Crippen LogP contribution in [-0.2, 0) is 0 Å². The van der Waals surface area contributed by atoms with E-state index in [4.69, 9.17) is 21.7 Å². The summed E-state index contributed by atoms with van der Waals surface area (Å²) in [4.78, 5) is 0. The molecule has 0 aliphatic carbocycles. The Morgan fingerprint density at radius 3 is 2.70 bits per heavy atom. The van der Waals surface area contributed by atoms with Crippen LogP contribution in [0.2, 0.25) is 0 Å². The second-order valence-corrected chi connectivity index (χ2v) is 7.12. The molecule has 1 atom stereocenters. The van der Waals surface area contributed by atoms with Crippen molar-refractivity contribution in [3.8, 4) is 22.9 Å². The molecule has 0 fully saturated rings. The maximum absolute atomic E-state index is 5.37. The lowest BCUT2D eigenvalue weighted by Crippen LogP contribution is -1.99. The van der Waals surface area contributed by atoms with Crippen LogP contribution in [0.5, 0.6) is 11.5 Å². The average molecular weight is 389 g/mol. The van der Waals surface area contributed by atoms with E-state index in [9.17, 15) is 0 Å². The molecule has 0 spiro atoms. The van der Waals surface area contributed by atoms with Gasteiger partial charge in [-0.25, -0.2) is 5.10 Å². The van der Waals surface area contributed by atoms with Crippen LogP contribution in [0, 0.1) is 10.7 Å². The quantitative estimate of drug-likeness (QED) is 0.363. The van der Waals surface area contributed by atoms with Gasteiger partial charge in [0.05, 0.1) is 14.2 Å². The molecule has 1 N–H and O–H groups in total. The molecular weight excluding hydrogens is 360 g/mol. The summed E-state index contributed by atoms with van der Waals surface area (Å²) >= 11 is 5.33. The third-order valence-electron chi connectivity index (χ3n) is 4.21. The Morgan fingerprint density at radius 1 is 1.30 bits per heavy atom. The molecular formula is C20H28N4O2S. The first-order valence-corrected chi connectivity index (χ1v) is 9.43. The van der Waals surface area contributed by atoms with E-state index < -0.39 is 0 Å². The van der Waals surface area contributed by atoms with Crippen molar-refractivity contribution in [2.45, 2.75) is 40.0 Å². The minimum absolute atomic E-state index is 0.452. The van der Waals surface area contributed by atoms with Crippen molar-refractivity contribution < 1.29 is 9.47 Å². The highest BCUT2D eigenvalue weighted by Crippen LogP contribution is 2.31. The van der Waals surface area contributed by atoms with Crippen LogP contribution in [0.25, 0.3) is 11.4 Å². The zero-order valence-electron chi connectivity index (χ0n) is 16.7. The molecule has 0 bridgehead atoms. The number of benzene rings is 1. The number of ether oxygens (including phenoxy) is 2. The van der Waals surface area contributed by atoms with E-state index in [1.54, 1.807) is 18.9 Å². The van der Waals surface area contributed by atoms with Crippen molar-refractivity contribution in [3.05, 3.63) is 34.6 Å². The highest BCUT2D eigenvalue weighted by Gasteiger charge is 2.12. The summed E-state index contributed by atoms with van der Waals surface area (Å²) in [7, 11) is 3.21. The molecule has 0 aliphatic rings. The fraction of sp³-hybridized carbons (Fsp3) is 0.450. The van der Waals surface area contributed by atoms with Gasteiger partial charge >= 0.3 is 0 Å². The maximum atomic E-state index is 5.37. The summed E-state index contributed by atoms with van der Waals surface area (Å²) in [6.45, 7) is 6.49. The van der Waals surface area contributed by atoms with Gasteiger partial charge < -0.3 is 9.47 Å². The van der Waals surface area contributed by atoms with Gasteiger partial charge in [0.1, 0.15) is 0 Å². The van der Waals surface area contributed by atoms with E-state index in [1.807, 2.05) is 24.4 Å². The zero-order valence-corrected chi connectivity index (χ0v) is 17.5. The molecule has 0 aliphatic heterocycles. The summed E-state index contributed by atoms with van der Waals surface area (Å²) in [6, 6.07) is 5.60. The molecule has 7 heteroatoms. The maximum Gasteiger partial charge on any atom is 0.216 e. The topological polar surface area (TPSA) is 64.4 Å². The van der Waals surface area contributed by atoms with Gasteiger partial charge in [-0.05, 0) is 69.4 Å². The van der Waals surface area contributed by atoms with Gasteiger partial charge in [0.2, 0.25) is 4.77 Å². The summed E-state index contributed by atoms with van der Waals surface area (Å²) < 4.78 is 12.7. The first-order chi connectivity index (χ1) is 13.0. The van der Waals surface area contributed by atoms with Crippen LogP contribution in [0.4, 0.5) is 0 Å². The Hall–Kier alpha value is -2.41. The molecule has 27 heavy (non-hydrogen) atoms. The predicted molar refractivity (Wildman–Crippen MR) is 112 cm³/mol. The van der Waals surface area contributed by atoms with Gasteiger partial charge in [-0.1, -0.05) is 18.6 Å². The van der Waals surface area contributed by atoms with Gasteiger partial charge in [-0.2, -0.15) is 14.9 Å². The van der Waals surface area contributed by atoms with Crippen molar-refractivity contribution in [3.63, 3.8) is 0 Å². The number of nitrogens with zero attached hydrogens (tertiary/aromatic N) is 3. The molecule has 0 saturated heterocycles. The van der Waals surface area contributed by atoms with Crippen molar-refractivity contribution in [1.29, 1.82) is 0 Å². The highest BCUT2D eigenvalue weighted by atomic mass is 32.1. The molecule has 6 nitrogen and oxygen atoms in total. The van der Waals surface area contributed by atoms with Gasteiger partial charge in [0, 0.05) is 11.8 Å². The number of allylic oxidation sites excluding steroid dienone is 2. The van der Waals surface area contributed by atoms with E-state index in [2.05, 4.69) is 42.1 Å². The third kappa shape index (κ3) is 5.79. The van der Waals surface area contributed by atoms with E-state index in [0.29, 0.717) is 28.0 Å². The second kappa shape index (κ2) is 10.1. The second-order valence-electron chi connectivity index (χ2n) is 6.73. The van der Waals surface area contributed by atoms with E-state index in [0.717, 1.165) is 24.8 Å². The molecule has 2 aromatic rings. The number of methoxy groups -OCH3 is 2. The molecule has 1 aromatic heterocycles. The molecule has 0 amide bonds. The zero-order chi connectivity index (χ0) is 19.8. The minimum atomic E-state index is 0.452. The number of H-pyrrole nitrogens is 1. The Balaban J connectivity index is 2.15. The van der Waals surface area contributed by atoms with Crippen molar-refractivity contribution in [2.75, 3.05) is 14.2 Å². The number of rotatable bonds is 9. The fourth-order valence-electron chi connectivity index (χ4n) is 2.64. The van der Waals surface area contributed by atoms with Gasteiger partial charge in [-0.3, -0.25) is 0 Å². The lowest BCUT2D eigenvalue weighted by atomic mass is 10.0. The largest absolute Gasteiger partial charge is 0.493 e. The van der Waals surface area contributed by atoms with Gasteiger partial charge in [0.15, 0.2) is 17.3 Å². The van der Waals surface area contributed by atoms with Crippen LogP contribution >= 0.6 is 12.2 Å². The highest BCUT2D eigenvalue weighted by molar-refractivity contribution is 7.71. The minimum Gasteiger partial charge on any atom is -0.493 e. The summed E-state index contributed by atoms with van der Waals surface area (Å²) in [5.41, 5.74) is 2.20. The van der Waals surface area contributed by atoms with Crippen molar-refractivity contribution >= 4 is 18.4 Å². The average Bonchev–Trinajstić information content (AvgIpc) is 3.01. The SMILES string of the molecule is COc1ccc(-c2n[nH]c(=S)n2/N=C\C[C@H](C)CCC=C(C)C)cc1OC. The van der Waals surface area contributed by atoms with Gasteiger partial charge in [-0.15, -0.1) is 0 Å². The summed E-state index contributed by atoms with van der Waals surface area (Å²) in [6.07, 6.45) is 7.29. The number of aromatic nitrogens is 3. The lowest BCUT2D eigenvalue weighted by molar-refractivity contribution is 0.355. The Morgan fingerprint density at radius 2 is 2.04 bits per heavy atom. The fourth-order valence-corrected chi connectivity index (χ4v) is 2.82. The molecule has 146 valence electrons. The molecule has 0 saturated carbocycles. The summed E-state index contributed by atoms with van der Waals surface area (Å²) in [5.74, 6) is 2.48. The summed E-state index contributed by atoms with van der Waals surface area (Å²) in [5, 5.41) is 11.7. The molecule has 1 heterocycles. The standard InChI is InChI=1S/C20H28N4O2S/c1-14(2)7-6-8-15(3)11-12-21-24-19(22-23-20(24)27)16-9-10-17(25-4)18(13-16)26-5/h7,9-10,12-13,15H,6,8,11H2,1-5H3,(H,23,27)/b21-12-/t15-/m1/s1. The lowest BCUT2D eigenvalue weighted by Gasteiger charge is -2.09. The number of aromatic amines is 1. The normalized spacial score (nSPS) is 12.2.